The van der Waals surface area contributed by atoms with E-state index in [9.17, 15) is 4.79 Å². The molecule has 0 N–H and O–H groups in total. The van der Waals surface area contributed by atoms with Crippen LogP contribution < -0.4 is 0 Å². The topological polar surface area (TPSA) is 17.1 Å². The molecule has 0 bridgehead atoms. The van der Waals surface area contributed by atoms with Gasteiger partial charge in [-0.15, -0.1) is 0 Å². The van der Waals surface area contributed by atoms with Crippen molar-refractivity contribution >= 4 is 5.78 Å². The Morgan fingerprint density at radius 3 is 2.25 bits per heavy atom. The SMILES string of the molecule is CC1(C)CC2C(CC1=O)C2(C)C. The van der Waals surface area contributed by atoms with Gasteiger partial charge in [0.25, 0.3) is 0 Å². The van der Waals surface area contributed by atoms with Crippen molar-refractivity contribution in [2.75, 3.05) is 0 Å². The van der Waals surface area contributed by atoms with Crippen LogP contribution in [0.2, 0.25) is 0 Å². The van der Waals surface area contributed by atoms with Gasteiger partial charge in [0.1, 0.15) is 5.78 Å². The number of hydrogen-bond acceptors (Lipinski definition) is 1. The van der Waals surface area contributed by atoms with E-state index in [0.717, 1.165) is 18.8 Å². The van der Waals surface area contributed by atoms with Crippen molar-refractivity contribution in [1.82, 2.24) is 0 Å². The lowest BCUT2D eigenvalue weighted by Crippen LogP contribution is -2.28. The van der Waals surface area contributed by atoms with Gasteiger partial charge in [-0.05, 0) is 23.7 Å². The van der Waals surface area contributed by atoms with Gasteiger partial charge in [-0.25, -0.2) is 0 Å². The monoisotopic (exact) mass is 166 g/mol. The summed E-state index contributed by atoms with van der Waals surface area (Å²) in [4.78, 5) is 11.6. The van der Waals surface area contributed by atoms with Gasteiger partial charge in [0.05, 0.1) is 0 Å². The molecule has 0 aromatic carbocycles. The highest BCUT2D eigenvalue weighted by Crippen LogP contribution is 2.66. The van der Waals surface area contributed by atoms with Gasteiger partial charge in [-0.3, -0.25) is 4.79 Å². The second-order valence-electron chi connectivity index (χ2n) is 5.75. The Morgan fingerprint density at radius 2 is 1.75 bits per heavy atom. The van der Waals surface area contributed by atoms with Gasteiger partial charge >= 0.3 is 0 Å². The van der Waals surface area contributed by atoms with Crippen LogP contribution in [0.3, 0.4) is 0 Å². The summed E-state index contributed by atoms with van der Waals surface area (Å²) in [6, 6.07) is 0. The van der Waals surface area contributed by atoms with Crippen molar-refractivity contribution in [2.24, 2.45) is 22.7 Å². The predicted octanol–water partition coefficient (Wildman–Crippen LogP) is 2.65. The Hall–Kier alpha value is -0.330. The Labute approximate surface area is 74.5 Å². The highest BCUT2D eigenvalue weighted by molar-refractivity contribution is 5.86. The van der Waals surface area contributed by atoms with Gasteiger partial charge in [0.15, 0.2) is 0 Å². The van der Waals surface area contributed by atoms with Crippen LogP contribution in [0.4, 0.5) is 0 Å². The largest absolute Gasteiger partial charge is 0.299 e. The number of hydrogen-bond donors (Lipinski definition) is 0. The fourth-order valence-electron chi connectivity index (χ4n) is 2.81. The molecule has 0 aliphatic heterocycles. The minimum absolute atomic E-state index is 0.0328. The number of ketones is 1. The van der Waals surface area contributed by atoms with Crippen LogP contribution >= 0.6 is 0 Å². The maximum absolute atomic E-state index is 11.6. The Bertz CT molecular complexity index is 237. The number of rotatable bonds is 0. The van der Waals surface area contributed by atoms with E-state index in [1.165, 1.54) is 0 Å². The maximum Gasteiger partial charge on any atom is 0.138 e. The second-order valence-corrected chi connectivity index (χ2v) is 5.75. The summed E-state index contributed by atoms with van der Waals surface area (Å²) in [5, 5.41) is 0. The van der Waals surface area contributed by atoms with Crippen LogP contribution in [0.1, 0.15) is 40.5 Å². The molecule has 0 amide bonds. The molecule has 2 fully saturated rings. The molecule has 0 heterocycles. The van der Waals surface area contributed by atoms with Crippen LogP contribution in [0.15, 0.2) is 0 Å². The molecule has 0 spiro atoms. The average molecular weight is 166 g/mol. The third-order valence-corrected chi connectivity index (χ3v) is 4.18. The van der Waals surface area contributed by atoms with E-state index in [2.05, 4.69) is 27.7 Å². The van der Waals surface area contributed by atoms with Crippen LogP contribution in [-0.4, -0.2) is 5.78 Å². The summed E-state index contributed by atoms with van der Waals surface area (Å²) in [5.74, 6) is 2.01. The van der Waals surface area contributed by atoms with Gasteiger partial charge in [-0.2, -0.15) is 0 Å². The molecule has 0 aromatic rings. The van der Waals surface area contributed by atoms with E-state index in [-0.39, 0.29) is 5.41 Å². The van der Waals surface area contributed by atoms with E-state index >= 15 is 0 Å². The maximum atomic E-state index is 11.6. The molecule has 68 valence electrons. The number of carbonyl (C=O) groups excluding carboxylic acids is 1. The molecular weight excluding hydrogens is 148 g/mol. The van der Waals surface area contributed by atoms with Crippen molar-refractivity contribution in [3.05, 3.63) is 0 Å². The van der Waals surface area contributed by atoms with Crippen molar-refractivity contribution in [2.45, 2.75) is 40.5 Å². The Kier molecular flexibility index (Phi) is 1.34. The third kappa shape index (κ3) is 0.884. The summed E-state index contributed by atoms with van der Waals surface area (Å²) in [6.07, 6.45) is 1.95. The molecule has 0 saturated heterocycles. The van der Waals surface area contributed by atoms with E-state index < -0.39 is 0 Å². The summed E-state index contributed by atoms with van der Waals surface area (Å²) in [5.41, 5.74) is 0.429. The van der Waals surface area contributed by atoms with E-state index in [1.54, 1.807) is 0 Å². The fraction of sp³-hybridized carbons (Fsp3) is 0.909. The Balaban J connectivity index is 2.19. The lowest BCUT2D eigenvalue weighted by molar-refractivity contribution is -0.129. The first-order valence-electron chi connectivity index (χ1n) is 4.89. The average Bonchev–Trinajstić information content (AvgIpc) is 2.37. The molecule has 12 heavy (non-hydrogen) atoms. The zero-order valence-corrected chi connectivity index (χ0v) is 8.48. The molecule has 2 aliphatic carbocycles. The van der Waals surface area contributed by atoms with Crippen LogP contribution in [0, 0.1) is 22.7 Å². The highest BCUT2D eigenvalue weighted by atomic mass is 16.1. The van der Waals surface area contributed by atoms with E-state index in [0.29, 0.717) is 17.1 Å². The van der Waals surface area contributed by atoms with Gasteiger partial charge in [0.2, 0.25) is 0 Å². The third-order valence-electron chi connectivity index (χ3n) is 4.18. The Morgan fingerprint density at radius 1 is 1.17 bits per heavy atom. The lowest BCUT2D eigenvalue weighted by atomic mass is 9.76. The highest BCUT2D eigenvalue weighted by Gasteiger charge is 2.62. The molecule has 2 atom stereocenters. The van der Waals surface area contributed by atoms with E-state index in [1.807, 2.05) is 0 Å². The van der Waals surface area contributed by atoms with Crippen LogP contribution in [0.25, 0.3) is 0 Å². The zero-order valence-electron chi connectivity index (χ0n) is 8.48. The summed E-state index contributed by atoms with van der Waals surface area (Å²) >= 11 is 0. The first-order chi connectivity index (χ1) is 5.36. The molecule has 2 unspecified atom stereocenters. The minimum Gasteiger partial charge on any atom is -0.299 e. The first kappa shape index (κ1) is 8.28. The van der Waals surface area contributed by atoms with Crippen molar-refractivity contribution in [1.29, 1.82) is 0 Å². The molecule has 0 radical (unpaired) electrons. The second kappa shape index (κ2) is 1.94. The first-order valence-corrected chi connectivity index (χ1v) is 4.89. The molecule has 2 saturated carbocycles. The normalized spacial score (nSPS) is 42.2. The van der Waals surface area contributed by atoms with Gasteiger partial charge in [0, 0.05) is 11.8 Å². The minimum atomic E-state index is -0.0328. The van der Waals surface area contributed by atoms with Crippen LogP contribution in [-0.2, 0) is 4.79 Å². The lowest BCUT2D eigenvalue weighted by Gasteiger charge is -2.26. The predicted molar refractivity (Wildman–Crippen MR) is 48.8 cm³/mol. The van der Waals surface area contributed by atoms with E-state index in [4.69, 9.17) is 0 Å². The number of Topliss-reactive ketones (excluding diaryl/α,β-unsaturated/α-hetero) is 1. The summed E-state index contributed by atoms with van der Waals surface area (Å²) in [6.45, 7) is 8.80. The molecule has 0 aromatic heterocycles. The van der Waals surface area contributed by atoms with Gasteiger partial charge in [-0.1, -0.05) is 27.7 Å². The molecule has 2 aliphatic rings. The molecule has 1 heteroatoms. The smallest absolute Gasteiger partial charge is 0.138 e. The molecule has 2 rings (SSSR count). The standard InChI is InChI=1S/C11H18O/c1-10(2)6-8-7(5-9(10)12)11(8,3)4/h7-8H,5-6H2,1-4H3. The molecule has 1 nitrogen and oxygen atoms in total. The number of fused-ring (bicyclic) bond motifs is 1. The van der Waals surface area contributed by atoms with Crippen molar-refractivity contribution < 1.29 is 4.79 Å². The van der Waals surface area contributed by atoms with Gasteiger partial charge < -0.3 is 0 Å². The summed E-state index contributed by atoms with van der Waals surface area (Å²) < 4.78 is 0. The molecular formula is C11H18O. The fourth-order valence-corrected chi connectivity index (χ4v) is 2.81. The quantitative estimate of drug-likeness (QED) is 0.540. The van der Waals surface area contributed by atoms with Crippen LogP contribution in [0.5, 0.6) is 0 Å². The zero-order chi connectivity index (χ0) is 9.15. The number of carbonyl (C=O) groups is 1. The summed E-state index contributed by atoms with van der Waals surface area (Å²) in [7, 11) is 0. The van der Waals surface area contributed by atoms with Crippen molar-refractivity contribution in [3.63, 3.8) is 0 Å². The van der Waals surface area contributed by atoms with Crippen molar-refractivity contribution in [3.8, 4) is 0 Å².